The minimum atomic E-state index is -0.966. The molecule has 1 heterocycles. The van der Waals surface area contributed by atoms with Crippen molar-refractivity contribution in [3.8, 4) is 0 Å². The van der Waals surface area contributed by atoms with Gasteiger partial charge in [0.1, 0.15) is 11.9 Å². The third-order valence-electron chi connectivity index (χ3n) is 3.01. The summed E-state index contributed by atoms with van der Waals surface area (Å²) in [5, 5.41) is 25.5. The Labute approximate surface area is 125 Å². The Morgan fingerprint density at radius 1 is 1.45 bits per heavy atom. The number of nitrogens with zero attached hydrogens (tertiary/aromatic N) is 1. The number of nitro benzene ring substituents is 1. The molecule has 116 valence electrons. The summed E-state index contributed by atoms with van der Waals surface area (Å²) in [6, 6.07) is 6.83. The maximum atomic E-state index is 11.8. The number of benzene rings is 1. The molecule has 1 aromatic heterocycles. The number of rotatable bonds is 5. The number of nitrogens with one attached hydrogen (secondary N) is 2. The highest BCUT2D eigenvalue weighted by atomic mass is 16.6. The predicted octanol–water partition coefficient (Wildman–Crippen LogP) is 2.35. The summed E-state index contributed by atoms with van der Waals surface area (Å²) in [5.41, 5.74) is 0.906. The van der Waals surface area contributed by atoms with Crippen LogP contribution >= 0.6 is 0 Å². The van der Waals surface area contributed by atoms with E-state index in [9.17, 15) is 20.0 Å². The van der Waals surface area contributed by atoms with Crippen LogP contribution in [-0.2, 0) is 0 Å². The van der Waals surface area contributed by atoms with Crippen LogP contribution in [0.2, 0.25) is 0 Å². The van der Waals surface area contributed by atoms with Crippen LogP contribution in [0.5, 0.6) is 0 Å². The molecule has 0 aliphatic heterocycles. The van der Waals surface area contributed by atoms with Crippen LogP contribution in [0.1, 0.15) is 17.4 Å². The molecule has 8 nitrogen and oxygen atoms in total. The first kappa shape index (κ1) is 15.5. The van der Waals surface area contributed by atoms with Crippen LogP contribution in [0.15, 0.2) is 41.0 Å². The first-order valence-corrected chi connectivity index (χ1v) is 6.48. The highest BCUT2D eigenvalue weighted by molar-refractivity contribution is 5.90. The van der Waals surface area contributed by atoms with Crippen molar-refractivity contribution in [3.05, 3.63) is 58.0 Å². The molecule has 0 radical (unpaired) electrons. The van der Waals surface area contributed by atoms with Crippen molar-refractivity contribution in [2.75, 3.05) is 11.9 Å². The maximum Gasteiger partial charge on any atom is 0.319 e. The van der Waals surface area contributed by atoms with Gasteiger partial charge in [0.25, 0.3) is 5.69 Å². The number of anilines is 1. The first-order chi connectivity index (χ1) is 10.5. The molecule has 3 N–H and O–H groups in total. The van der Waals surface area contributed by atoms with Crippen LogP contribution in [-0.4, -0.2) is 22.6 Å². The Bertz CT molecular complexity index is 669. The molecule has 0 spiro atoms. The average Bonchev–Trinajstić information content (AvgIpc) is 3.01. The van der Waals surface area contributed by atoms with Crippen LogP contribution in [0.25, 0.3) is 0 Å². The molecule has 1 aromatic carbocycles. The molecule has 1 atom stereocenters. The largest absolute Gasteiger partial charge is 0.467 e. The van der Waals surface area contributed by atoms with Gasteiger partial charge in [0.15, 0.2) is 0 Å². The van der Waals surface area contributed by atoms with Gasteiger partial charge in [0, 0.05) is 12.1 Å². The second-order valence-corrected chi connectivity index (χ2v) is 4.62. The standard InChI is InChI=1S/C14H15N3O5/c1-9-4-5-10(17(20)21)7-11(9)16-14(19)15-8-12(18)13-3-2-6-22-13/h2-7,12,18H,8H2,1H3,(H2,15,16,19). The normalized spacial score (nSPS) is 11.7. The smallest absolute Gasteiger partial charge is 0.319 e. The number of hydrogen-bond acceptors (Lipinski definition) is 5. The van der Waals surface area contributed by atoms with Gasteiger partial charge in [-0.1, -0.05) is 6.07 Å². The van der Waals surface area contributed by atoms with Crippen molar-refractivity contribution in [1.29, 1.82) is 0 Å². The molecule has 0 aliphatic rings. The van der Waals surface area contributed by atoms with E-state index in [1.54, 1.807) is 25.1 Å². The van der Waals surface area contributed by atoms with Gasteiger partial charge >= 0.3 is 6.03 Å². The van der Waals surface area contributed by atoms with E-state index in [4.69, 9.17) is 4.42 Å². The molecule has 2 aromatic rings. The minimum absolute atomic E-state index is 0.0483. The number of non-ortho nitro benzene ring substituents is 1. The fourth-order valence-corrected chi connectivity index (χ4v) is 1.80. The zero-order valence-corrected chi connectivity index (χ0v) is 11.8. The lowest BCUT2D eigenvalue weighted by Gasteiger charge is -2.12. The summed E-state index contributed by atoms with van der Waals surface area (Å²) < 4.78 is 5.01. The summed E-state index contributed by atoms with van der Waals surface area (Å²) in [4.78, 5) is 22.0. The molecule has 0 saturated carbocycles. The lowest BCUT2D eigenvalue weighted by Crippen LogP contribution is -2.32. The zero-order valence-electron chi connectivity index (χ0n) is 11.8. The number of furan rings is 1. The zero-order chi connectivity index (χ0) is 16.1. The van der Waals surface area contributed by atoms with Gasteiger partial charge in [-0.05, 0) is 24.6 Å². The Kier molecular flexibility index (Phi) is 4.74. The Balaban J connectivity index is 1.94. The molecule has 22 heavy (non-hydrogen) atoms. The number of urea groups is 1. The number of aryl methyl sites for hydroxylation is 1. The number of aliphatic hydroxyl groups is 1. The number of aliphatic hydroxyl groups excluding tert-OH is 1. The summed E-state index contributed by atoms with van der Waals surface area (Å²) >= 11 is 0. The van der Waals surface area contributed by atoms with Crippen molar-refractivity contribution in [2.24, 2.45) is 0 Å². The third-order valence-corrected chi connectivity index (χ3v) is 3.01. The fourth-order valence-electron chi connectivity index (χ4n) is 1.80. The molecular weight excluding hydrogens is 290 g/mol. The van der Waals surface area contributed by atoms with E-state index in [2.05, 4.69) is 10.6 Å². The molecule has 0 saturated heterocycles. The van der Waals surface area contributed by atoms with Crippen LogP contribution in [0, 0.1) is 17.0 Å². The van der Waals surface area contributed by atoms with Crippen molar-refractivity contribution in [3.63, 3.8) is 0 Å². The second-order valence-electron chi connectivity index (χ2n) is 4.62. The van der Waals surface area contributed by atoms with Gasteiger partial charge in [-0.2, -0.15) is 0 Å². The highest BCUT2D eigenvalue weighted by Crippen LogP contribution is 2.21. The number of hydrogen-bond donors (Lipinski definition) is 3. The van der Waals surface area contributed by atoms with Gasteiger partial charge in [-0.3, -0.25) is 10.1 Å². The summed E-state index contributed by atoms with van der Waals surface area (Å²) in [6.07, 6.45) is 0.456. The van der Waals surface area contributed by atoms with Gasteiger partial charge in [-0.15, -0.1) is 0 Å². The topological polar surface area (TPSA) is 118 Å². The van der Waals surface area contributed by atoms with Crippen molar-refractivity contribution < 1.29 is 19.2 Å². The quantitative estimate of drug-likeness (QED) is 0.579. The minimum Gasteiger partial charge on any atom is -0.467 e. The predicted molar refractivity (Wildman–Crippen MR) is 78.5 cm³/mol. The van der Waals surface area contributed by atoms with Gasteiger partial charge < -0.3 is 20.2 Å². The number of amides is 2. The Morgan fingerprint density at radius 2 is 2.23 bits per heavy atom. The Morgan fingerprint density at radius 3 is 2.86 bits per heavy atom. The van der Waals surface area contributed by atoms with Crippen molar-refractivity contribution >= 4 is 17.4 Å². The van der Waals surface area contributed by atoms with Gasteiger partial charge in [0.2, 0.25) is 0 Å². The molecular formula is C14H15N3O5. The lowest BCUT2D eigenvalue weighted by molar-refractivity contribution is -0.384. The molecule has 2 amide bonds. The van der Waals surface area contributed by atoms with Crippen LogP contribution < -0.4 is 10.6 Å². The van der Waals surface area contributed by atoms with E-state index in [-0.39, 0.29) is 12.2 Å². The lowest BCUT2D eigenvalue weighted by atomic mass is 10.2. The van der Waals surface area contributed by atoms with E-state index in [1.165, 1.54) is 18.4 Å². The van der Waals surface area contributed by atoms with Gasteiger partial charge in [0.05, 0.1) is 23.4 Å². The second kappa shape index (κ2) is 6.72. The number of nitro groups is 1. The monoisotopic (exact) mass is 305 g/mol. The third kappa shape index (κ3) is 3.83. The molecule has 0 aliphatic carbocycles. The molecule has 0 bridgehead atoms. The molecule has 2 rings (SSSR count). The van der Waals surface area contributed by atoms with E-state index in [0.717, 1.165) is 0 Å². The summed E-state index contributed by atoms with van der Waals surface area (Å²) in [6.45, 7) is 1.67. The number of carbonyl (C=O) groups excluding carboxylic acids is 1. The SMILES string of the molecule is Cc1ccc([N+](=O)[O-])cc1NC(=O)NCC(O)c1ccco1. The van der Waals surface area contributed by atoms with Crippen molar-refractivity contribution in [2.45, 2.75) is 13.0 Å². The van der Waals surface area contributed by atoms with Crippen LogP contribution in [0.4, 0.5) is 16.2 Å². The number of carbonyl (C=O) groups is 1. The molecule has 1 unspecified atom stereocenters. The van der Waals surface area contributed by atoms with Crippen molar-refractivity contribution in [1.82, 2.24) is 5.32 Å². The average molecular weight is 305 g/mol. The molecule has 8 heteroatoms. The summed E-state index contributed by atoms with van der Waals surface area (Å²) in [7, 11) is 0. The maximum absolute atomic E-state index is 11.8. The van der Waals surface area contributed by atoms with E-state index < -0.39 is 17.1 Å². The molecule has 0 fully saturated rings. The summed E-state index contributed by atoms with van der Waals surface area (Å²) in [5.74, 6) is 0.340. The van der Waals surface area contributed by atoms with E-state index in [1.807, 2.05) is 0 Å². The highest BCUT2D eigenvalue weighted by Gasteiger charge is 2.14. The van der Waals surface area contributed by atoms with Gasteiger partial charge in [-0.25, -0.2) is 4.79 Å². The van der Waals surface area contributed by atoms with E-state index in [0.29, 0.717) is 17.0 Å². The fraction of sp³-hybridized carbons (Fsp3) is 0.214. The Hall–Kier alpha value is -2.87. The van der Waals surface area contributed by atoms with E-state index >= 15 is 0 Å². The van der Waals surface area contributed by atoms with Crippen LogP contribution in [0.3, 0.4) is 0 Å². The first-order valence-electron chi connectivity index (χ1n) is 6.48.